The van der Waals surface area contributed by atoms with Gasteiger partial charge in [-0.3, -0.25) is 4.79 Å². The number of hydrogen-bond acceptors (Lipinski definition) is 4. The standard InChI is InChI=1S/C30H26FN5O/c1-21-7-13-25(14-8-21)36-19-26(22-5-3-2-4-6-22)27-28(32-20-33-29(27)36)34-15-17-35(18-16-34)30(37)23-9-11-24(31)12-10-23/h2-14,19-20H,15-18H2,1H3. The lowest BCUT2D eigenvalue weighted by atomic mass is 10.1. The number of benzene rings is 3. The highest BCUT2D eigenvalue weighted by Gasteiger charge is 2.26. The van der Waals surface area contributed by atoms with E-state index in [1.807, 2.05) is 23.1 Å². The molecule has 1 aliphatic heterocycles. The van der Waals surface area contributed by atoms with Gasteiger partial charge >= 0.3 is 0 Å². The van der Waals surface area contributed by atoms with Crippen LogP contribution in [0.25, 0.3) is 27.8 Å². The van der Waals surface area contributed by atoms with Gasteiger partial charge in [-0.25, -0.2) is 14.4 Å². The third-order valence-corrected chi connectivity index (χ3v) is 6.92. The van der Waals surface area contributed by atoms with Gasteiger partial charge in [0.1, 0.15) is 18.0 Å². The number of aromatic nitrogens is 3. The molecule has 7 heteroatoms. The summed E-state index contributed by atoms with van der Waals surface area (Å²) in [5.41, 5.74) is 5.75. The van der Waals surface area contributed by atoms with Gasteiger partial charge in [0.2, 0.25) is 0 Å². The lowest BCUT2D eigenvalue weighted by Crippen LogP contribution is -2.49. The van der Waals surface area contributed by atoms with Crippen molar-refractivity contribution in [2.24, 2.45) is 0 Å². The summed E-state index contributed by atoms with van der Waals surface area (Å²) in [5, 5.41) is 0.993. The van der Waals surface area contributed by atoms with Crippen LogP contribution in [0, 0.1) is 12.7 Å². The van der Waals surface area contributed by atoms with Crippen molar-refractivity contribution in [2.45, 2.75) is 6.92 Å². The molecule has 2 aromatic heterocycles. The van der Waals surface area contributed by atoms with Crippen LogP contribution >= 0.6 is 0 Å². The van der Waals surface area contributed by atoms with Crippen molar-refractivity contribution in [2.75, 3.05) is 31.1 Å². The number of aryl methyl sites for hydroxylation is 1. The molecular formula is C30H26FN5O. The van der Waals surface area contributed by atoms with Crippen molar-refractivity contribution in [1.82, 2.24) is 19.4 Å². The second-order valence-electron chi connectivity index (χ2n) is 9.30. The number of amides is 1. The van der Waals surface area contributed by atoms with E-state index in [-0.39, 0.29) is 11.7 Å². The normalized spacial score (nSPS) is 13.8. The van der Waals surface area contributed by atoms with Gasteiger partial charge in [0.25, 0.3) is 5.91 Å². The summed E-state index contributed by atoms with van der Waals surface area (Å²) < 4.78 is 15.4. The minimum absolute atomic E-state index is 0.0806. The van der Waals surface area contributed by atoms with Crippen LogP contribution in [0.2, 0.25) is 0 Å². The summed E-state index contributed by atoms with van der Waals surface area (Å²) in [6.07, 6.45) is 3.75. The fourth-order valence-electron chi connectivity index (χ4n) is 4.92. The summed E-state index contributed by atoms with van der Waals surface area (Å²) in [6.45, 7) is 4.47. The molecule has 3 aromatic carbocycles. The summed E-state index contributed by atoms with van der Waals surface area (Å²) in [4.78, 5) is 26.4. The van der Waals surface area contributed by atoms with Crippen molar-refractivity contribution in [3.63, 3.8) is 0 Å². The second kappa shape index (κ2) is 9.50. The molecule has 5 aromatic rings. The number of fused-ring (bicyclic) bond motifs is 1. The smallest absolute Gasteiger partial charge is 0.253 e. The maximum atomic E-state index is 13.3. The van der Waals surface area contributed by atoms with Gasteiger partial charge in [0.15, 0.2) is 5.65 Å². The quantitative estimate of drug-likeness (QED) is 0.333. The third kappa shape index (κ3) is 4.33. The van der Waals surface area contributed by atoms with E-state index in [0.717, 1.165) is 33.7 Å². The Morgan fingerprint density at radius 1 is 0.838 bits per heavy atom. The fourth-order valence-corrected chi connectivity index (χ4v) is 4.92. The largest absolute Gasteiger partial charge is 0.352 e. The van der Waals surface area contributed by atoms with Gasteiger partial charge in [-0.15, -0.1) is 0 Å². The Labute approximate surface area is 214 Å². The summed E-state index contributed by atoms with van der Waals surface area (Å²) >= 11 is 0. The van der Waals surface area contributed by atoms with Crippen molar-refractivity contribution in [1.29, 1.82) is 0 Å². The Balaban J connectivity index is 1.36. The Morgan fingerprint density at radius 3 is 2.24 bits per heavy atom. The molecule has 6 rings (SSSR count). The van der Waals surface area contributed by atoms with Gasteiger partial charge < -0.3 is 14.4 Å². The van der Waals surface area contributed by atoms with E-state index in [2.05, 4.69) is 59.0 Å². The molecule has 184 valence electrons. The zero-order chi connectivity index (χ0) is 25.4. The van der Waals surface area contributed by atoms with E-state index in [4.69, 9.17) is 9.97 Å². The van der Waals surface area contributed by atoms with Gasteiger partial charge in [0.05, 0.1) is 5.39 Å². The number of carbonyl (C=O) groups excluding carboxylic acids is 1. The van der Waals surface area contributed by atoms with Crippen LogP contribution in [0.15, 0.2) is 91.4 Å². The predicted molar refractivity (Wildman–Crippen MR) is 144 cm³/mol. The highest BCUT2D eigenvalue weighted by Crippen LogP contribution is 2.37. The number of anilines is 1. The molecule has 37 heavy (non-hydrogen) atoms. The van der Waals surface area contributed by atoms with Crippen LogP contribution in [-0.2, 0) is 0 Å². The Bertz CT molecular complexity index is 1550. The van der Waals surface area contributed by atoms with Crippen LogP contribution in [0.5, 0.6) is 0 Å². The van der Waals surface area contributed by atoms with E-state index < -0.39 is 0 Å². The first kappa shape index (κ1) is 22.9. The number of piperazine rings is 1. The maximum absolute atomic E-state index is 13.3. The molecule has 0 spiro atoms. The zero-order valence-electron chi connectivity index (χ0n) is 20.5. The molecule has 0 bridgehead atoms. The molecular weight excluding hydrogens is 465 g/mol. The summed E-state index contributed by atoms with van der Waals surface area (Å²) in [7, 11) is 0. The van der Waals surface area contributed by atoms with Gasteiger partial charge in [-0.05, 0) is 48.9 Å². The Kier molecular flexibility index (Phi) is 5.88. The number of rotatable bonds is 4. The van der Waals surface area contributed by atoms with Crippen LogP contribution in [-0.4, -0.2) is 51.5 Å². The predicted octanol–water partition coefficient (Wildman–Crippen LogP) is 5.50. The minimum atomic E-state index is -0.346. The number of carbonyl (C=O) groups is 1. The van der Waals surface area contributed by atoms with Gasteiger partial charge in [0, 0.05) is 49.2 Å². The van der Waals surface area contributed by atoms with E-state index >= 15 is 0 Å². The first-order valence-electron chi connectivity index (χ1n) is 12.4. The molecule has 0 unspecified atom stereocenters. The highest BCUT2D eigenvalue weighted by atomic mass is 19.1. The summed E-state index contributed by atoms with van der Waals surface area (Å²) in [5.74, 6) is 0.438. The van der Waals surface area contributed by atoms with E-state index in [0.29, 0.717) is 31.7 Å². The van der Waals surface area contributed by atoms with Crippen LogP contribution in [0.4, 0.5) is 10.2 Å². The van der Waals surface area contributed by atoms with Crippen molar-refractivity contribution >= 4 is 22.8 Å². The second-order valence-corrected chi connectivity index (χ2v) is 9.30. The lowest BCUT2D eigenvalue weighted by molar-refractivity contribution is 0.0746. The Morgan fingerprint density at radius 2 is 1.54 bits per heavy atom. The van der Waals surface area contributed by atoms with Crippen molar-refractivity contribution in [3.8, 4) is 16.8 Å². The fraction of sp³-hybridized carbons (Fsp3) is 0.167. The van der Waals surface area contributed by atoms with Crippen molar-refractivity contribution < 1.29 is 9.18 Å². The Hall–Kier alpha value is -4.52. The molecule has 6 nitrogen and oxygen atoms in total. The number of nitrogens with zero attached hydrogens (tertiary/aromatic N) is 5. The molecule has 1 amide bonds. The molecule has 1 aliphatic rings. The molecule has 0 N–H and O–H groups in total. The topological polar surface area (TPSA) is 54.3 Å². The zero-order valence-corrected chi connectivity index (χ0v) is 20.5. The molecule has 3 heterocycles. The van der Waals surface area contributed by atoms with Crippen LogP contribution in [0.1, 0.15) is 15.9 Å². The summed E-state index contributed by atoms with van der Waals surface area (Å²) in [6, 6.07) is 24.4. The number of halogens is 1. The van der Waals surface area contributed by atoms with Crippen molar-refractivity contribution in [3.05, 3.63) is 108 Å². The van der Waals surface area contributed by atoms with Crippen LogP contribution in [0.3, 0.4) is 0 Å². The number of hydrogen-bond donors (Lipinski definition) is 0. The average Bonchev–Trinajstić information content (AvgIpc) is 3.34. The lowest BCUT2D eigenvalue weighted by Gasteiger charge is -2.35. The first-order chi connectivity index (χ1) is 18.1. The maximum Gasteiger partial charge on any atom is 0.253 e. The average molecular weight is 492 g/mol. The molecule has 1 fully saturated rings. The SMILES string of the molecule is Cc1ccc(-n2cc(-c3ccccc3)c3c(N4CCN(C(=O)c5ccc(F)cc5)CC4)ncnc32)cc1. The first-order valence-corrected chi connectivity index (χ1v) is 12.4. The van der Waals surface area contributed by atoms with Gasteiger partial charge in [-0.2, -0.15) is 0 Å². The van der Waals surface area contributed by atoms with E-state index in [9.17, 15) is 9.18 Å². The third-order valence-electron chi connectivity index (χ3n) is 6.92. The minimum Gasteiger partial charge on any atom is -0.352 e. The molecule has 0 aliphatic carbocycles. The highest BCUT2D eigenvalue weighted by molar-refractivity contribution is 6.02. The van der Waals surface area contributed by atoms with Crippen LogP contribution < -0.4 is 4.90 Å². The molecule has 1 saturated heterocycles. The van der Waals surface area contributed by atoms with E-state index in [1.165, 1.54) is 29.8 Å². The molecule has 0 saturated carbocycles. The molecule has 0 atom stereocenters. The van der Waals surface area contributed by atoms with Gasteiger partial charge in [-0.1, -0.05) is 48.0 Å². The van der Waals surface area contributed by atoms with E-state index in [1.54, 1.807) is 6.33 Å². The monoisotopic (exact) mass is 491 g/mol. The molecule has 0 radical (unpaired) electrons.